The van der Waals surface area contributed by atoms with Crippen LogP contribution in [0.3, 0.4) is 0 Å². The molecule has 0 radical (unpaired) electrons. The molecule has 2 aromatic carbocycles. The first kappa shape index (κ1) is 19.5. The van der Waals surface area contributed by atoms with Crippen LogP contribution in [0, 0.1) is 19.7 Å². The Morgan fingerprint density at radius 3 is 2.36 bits per heavy atom. The third-order valence-corrected chi connectivity index (χ3v) is 5.52. The molecule has 3 rings (SSSR count). The molecule has 0 aliphatic rings. The number of hydrogen-bond donors (Lipinski definition) is 2. The summed E-state index contributed by atoms with van der Waals surface area (Å²) in [6, 6.07) is 11.7. The molecular formula is C20H18FN3O3S. The Bertz CT molecular complexity index is 1130. The highest BCUT2D eigenvalue weighted by molar-refractivity contribution is 7.92. The second-order valence-electron chi connectivity index (χ2n) is 6.30. The van der Waals surface area contributed by atoms with Crippen LogP contribution in [0.1, 0.15) is 21.5 Å². The van der Waals surface area contributed by atoms with Crippen LogP contribution >= 0.6 is 0 Å². The molecule has 8 heteroatoms. The average molecular weight is 399 g/mol. The van der Waals surface area contributed by atoms with Gasteiger partial charge in [-0.3, -0.25) is 14.5 Å². The third-order valence-electron chi connectivity index (χ3n) is 3.97. The SMILES string of the molecule is Cc1ccc(S(=O)(=O)Nc2cncc(C(=O)Nc3ccc(F)cc3)c2)c(C)c1. The molecule has 3 aromatic rings. The molecule has 0 unspecified atom stereocenters. The summed E-state index contributed by atoms with van der Waals surface area (Å²) < 4.78 is 40.7. The van der Waals surface area contributed by atoms with Crippen LogP contribution in [0.5, 0.6) is 0 Å². The van der Waals surface area contributed by atoms with Crippen LogP contribution in [0.25, 0.3) is 0 Å². The van der Waals surface area contributed by atoms with E-state index in [2.05, 4.69) is 15.0 Å². The minimum Gasteiger partial charge on any atom is -0.322 e. The van der Waals surface area contributed by atoms with Gasteiger partial charge in [-0.2, -0.15) is 0 Å². The summed E-state index contributed by atoms with van der Waals surface area (Å²) in [4.78, 5) is 16.4. The van der Waals surface area contributed by atoms with Crippen LogP contribution in [0.15, 0.2) is 65.8 Å². The molecule has 2 N–H and O–H groups in total. The number of hydrogen-bond acceptors (Lipinski definition) is 4. The van der Waals surface area contributed by atoms with E-state index in [-0.39, 0.29) is 16.1 Å². The maximum atomic E-state index is 13.0. The average Bonchev–Trinajstić information content (AvgIpc) is 2.63. The van der Waals surface area contributed by atoms with Gasteiger partial charge < -0.3 is 5.32 Å². The molecule has 144 valence electrons. The van der Waals surface area contributed by atoms with Gasteiger partial charge in [0.25, 0.3) is 15.9 Å². The highest BCUT2D eigenvalue weighted by Gasteiger charge is 2.18. The van der Waals surface area contributed by atoms with E-state index in [0.29, 0.717) is 11.3 Å². The number of aromatic nitrogens is 1. The predicted octanol–water partition coefficient (Wildman–Crippen LogP) is 3.89. The topological polar surface area (TPSA) is 88.2 Å². The van der Waals surface area contributed by atoms with Crippen molar-refractivity contribution < 1.29 is 17.6 Å². The molecule has 0 aliphatic heterocycles. The summed E-state index contributed by atoms with van der Waals surface area (Å²) >= 11 is 0. The van der Waals surface area contributed by atoms with Gasteiger partial charge in [0.1, 0.15) is 5.82 Å². The van der Waals surface area contributed by atoms with Crippen molar-refractivity contribution in [2.24, 2.45) is 0 Å². The molecular weight excluding hydrogens is 381 g/mol. The van der Waals surface area contributed by atoms with Crippen LogP contribution in [0.2, 0.25) is 0 Å². The van der Waals surface area contributed by atoms with E-state index in [0.717, 1.165) is 5.56 Å². The maximum absolute atomic E-state index is 13.0. The first-order chi connectivity index (χ1) is 13.2. The smallest absolute Gasteiger partial charge is 0.262 e. The van der Waals surface area contributed by atoms with E-state index in [1.54, 1.807) is 19.1 Å². The Morgan fingerprint density at radius 1 is 0.964 bits per heavy atom. The molecule has 1 aromatic heterocycles. The lowest BCUT2D eigenvalue weighted by molar-refractivity contribution is 0.102. The number of carbonyl (C=O) groups is 1. The molecule has 0 aliphatic carbocycles. The number of pyridine rings is 1. The molecule has 0 saturated carbocycles. The number of benzene rings is 2. The van der Waals surface area contributed by atoms with E-state index in [1.807, 2.05) is 6.92 Å². The van der Waals surface area contributed by atoms with Gasteiger partial charge >= 0.3 is 0 Å². The van der Waals surface area contributed by atoms with Crippen LogP contribution < -0.4 is 10.0 Å². The fraction of sp³-hybridized carbons (Fsp3) is 0.100. The summed E-state index contributed by atoms with van der Waals surface area (Å²) in [7, 11) is -3.83. The molecule has 0 spiro atoms. The Morgan fingerprint density at radius 2 is 1.68 bits per heavy atom. The van der Waals surface area contributed by atoms with Crippen molar-refractivity contribution in [3.63, 3.8) is 0 Å². The van der Waals surface area contributed by atoms with Gasteiger partial charge in [0.15, 0.2) is 0 Å². The van der Waals surface area contributed by atoms with Crippen molar-refractivity contribution in [1.29, 1.82) is 0 Å². The van der Waals surface area contributed by atoms with Gasteiger partial charge in [0.05, 0.1) is 22.3 Å². The maximum Gasteiger partial charge on any atom is 0.262 e. The van der Waals surface area contributed by atoms with Crippen LogP contribution in [0.4, 0.5) is 15.8 Å². The second-order valence-corrected chi connectivity index (χ2v) is 7.95. The summed E-state index contributed by atoms with van der Waals surface area (Å²) in [6.45, 7) is 3.59. The highest BCUT2D eigenvalue weighted by Crippen LogP contribution is 2.21. The van der Waals surface area contributed by atoms with Gasteiger partial charge in [-0.25, -0.2) is 12.8 Å². The lowest BCUT2D eigenvalue weighted by atomic mass is 10.2. The lowest BCUT2D eigenvalue weighted by Crippen LogP contribution is -2.16. The number of amides is 1. The zero-order chi connectivity index (χ0) is 20.3. The summed E-state index contributed by atoms with van der Waals surface area (Å²) in [5, 5.41) is 2.60. The van der Waals surface area contributed by atoms with Gasteiger partial charge in [-0.15, -0.1) is 0 Å². The normalized spacial score (nSPS) is 11.1. The first-order valence-electron chi connectivity index (χ1n) is 8.37. The number of nitrogens with zero attached hydrogens (tertiary/aromatic N) is 1. The molecule has 0 fully saturated rings. The molecule has 0 saturated heterocycles. The van der Waals surface area contributed by atoms with Crippen molar-refractivity contribution in [2.45, 2.75) is 18.7 Å². The largest absolute Gasteiger partial charge is 0.322 e. The molecule has 28 heavy (non-hydrogen) atoms. The van der Waals surface area contributed by atoms with Crippen molar-refractivity contribution >= 4 is 27.3 Å². The van der Waals surface area contributed by atoms with Gasteiger partial charge in [-0.1, -0.05) is 17.7 Å². The monoisotopic (exact) mass is 399 g/mol. The number of carbonyl (C=O) groups excluding carboxylic acids is 1. The predicted molar refractivity (Wildman–Crippen MR) is 105 cm³/mol. The quantitative estimate of drug-likeness (QED) is 0.681. The standard InChI is InChI=1S/C20H18FN3O3S/c1-13-3-8-19(14(2)9-13)28(26,27)24-18-10-15(11-22-12-18)20(25)23-17-6-4-16(21)5-7-17/h3-12,24H,1-2H3,(H,23,25). The summed E-state index contributed by atoms with van der Waals surface area (Å²) in [6.07, 6.45) is 2.63. The van der Waals surface area contributed by atoms with Crippen LogP contribution in [-0.2, 0) is 10.0 Å². The Hall–Kier alpha value is -3.26. The van der Waals surface area contributed by atoms with Crippen molar-refractivity contribution in [3.8, 4) is 0 Å². The number of halogens is 1. The Labute approximate surface area is 162 Å². The summed E-state index contributed by atoms with van der Waals surface area (Å²) in [5.74, 6) is -0.908. The number of aryl methyl sites for hydroxylation is 2. The van der Waals surface area contributed by atoms with Crippen molar-refractivity contribution in [1.82, 2.24) is 4.98 Å². The molecule has 6 nitrogen and oxygen atoms in total. The zero-order valence-corrected chi connectivity index (χ0v) is 16.0. The van der Waals surface area contributed by atoms with Crippen molar-refractivity contribution in [3.05, 3.63) is 83.4 Å². The summed E-state index contributed by atoms with van der Waals surface area (Å²) in [5.41, 5.74) is 2.30. The third kappa shape index (κ3) is 4.52. The minimum absolute atomic E-state index is 0.152. The van der Waals surface area contributed by atoms with E-state index < -0.39 is 21.7 Å². The van der Waals surface area contributed by atoms with E-state index in [4.69, 9.17) is 0 Å². The van der Waals surface area contributed by atoms with E-state index in [1.165, 1.54) is 48.8 Å². The molecule has 1 amide bonds. The molecule has 0 atom stereocenters. The Balaban J connectivity index is 1.80. The van der Waals surface area contributed by atoms with E-state index >= 15 is 0 Å². The number of anilines is 2. The Kier molecular flexibility index (Phi) is 5.41. The van der Waals surface area contributed by atoms with E-state index in [9.17, 15) is 17.6 Å². The molecule has 1 heterocycles. The van der Waals surface area contributed by atoms with Gasteiger partial charge in [-0.05, 0) is 55.8 Å². The minimum atomic E-state index is -3.83. The fourth-order valence-corrected chi connectivity index (χ4v) is 3.93. The zero-order valence-electron chi connectivity index (χ0n) is 15.2. The highest BCUT2D eigenvalue weighted by atomic mass is 32.2. The second kappa shape index (κ2) is 7.77. The number of sulfonamides is 1. The first-order valence-corrected chi connectivity index (χ1v) is 9.85. The van der Waals surface area contributed by atoms with Gasteiger partial charge in [0.2, 0.25) is 0 Å². The van der Waals surface area contributed by atoms with Crippen LogP contribution in [-0.4, -0.2) is 19.3 Å². The van der Waals surface area contributed by atoms with Gasteiger partial charge in [0, 0.05) is 11.9 Å². The number of nitrogens with one attached hydrogen (secondary N) is 2. The lowest BCUT2D eigenvalue weighted by Gasteiger charge is -2.11. The van der Waals surface area contributed by atoms with Crippen molar-refractivity contribution in [2.75, 3.05) is 10.0 Å². The molecule has 0 bridgehead atoms. The fourth-order valence-electron chi connectivity index (χ4n) is 2.67. The number of rotatable bonds is 5.